The molecule has 0 fully saturated rings. The highest BCUT2D eigenvalue weighted by Gasteiger charge is 2.31. The van der Waals surface area contributed by atoms with Gasteiger partial charge < -0.3 is 10.1 Å². The van der Waals surface area contributed by atoms with E-state index in [1.54, 1.807) is 0 Å². The van der Waals surface area contributed by atoms with Crippen molar-refractivity contribution < 1.29 is 4.74 Å². The highest BCUT2D eigenvalue weighted by atomic mass is 16.5. The molecule has 0 aliphatic carbocycles. The van der Waals surface area contributed by atoms with Crippen LogP contribution in [0.25, 0.3) is 6.08 Å². The topological polar surface area (TPSA) is 45.0 Å². The Kier molecular flexibility index (Phi) is 4.50. The monoisotopic (exact) mass is 316 g/mol. The third-order valence-corrected chi connectivity index (χ3v) is 4.08. The second kappa shape index (κ2) is 6.74. The van der Waals surface area contributed by atoms with Crippen LogP contribution in [0.1, 0.15) is 19.4 Å². The van der Waals surface area contributed by atoms with Crippen LogP contribution in [0.4, 0.5) is 11.4 Å². The summed E-state index contributed by atoms with van der Waals surface area (Å²) in [5.41, 5.74) is 4.39. The molecule has 0 unspecified atom stereocenters. The zero-order valence-electron chi connectivity index (χ0n) is 13.9. The molecule has 0 bridgehead atoms. The third kappa shape index (κ3) is 3.56. The molecule has 0 amide bonds. The van der Waals surface area contributed by atoms with Gasteiger partial charge in [-0.25, -0.2) is 0 Å². The summed E-state index contributed by atoms with van der Waals surface area (Å²) in [4.78, 5) is 0. The zero-order chi connectivity index (χ0) is 17.0. The van der Waals surface area contributed by atoms with Crippen molar-refractivity contribution in [3.05, 3.63) is 77.4 Å². The molecule has 0 aromatic heterocycles. The lowest BCUT2D eigenvalue weighted by molar-refractivity contribution is 0.0512. The number of nitrogens with one attached hydrogen (secondary N) is 1. The SMILES string of the molecule is CC1(C)OCC(C#N)=C1C=Cc1cccc(Nc2ccccc2)c1. The Labute approximate surface area is 142 Å². The largest absolute Gasteiger partial charge is 0.365 e. The summed E-state index contributed by atoms with van der Waals surface area (Å²) in [6.07, 6.45) is 4.02. The summed E-state index contributed by atoms with van der Waals surface area (Å²) in [6.45, 7) is 4.37. The average Bonchev–Trinajstić information content (AvgIpc) is 2.88. The summed E-state index contributed by atoms with van der Waals surface area (Å²) >= 11 is 0. The van der Waals surface area contributed by atoms with Crippen LogP contribution in [0.5, 0.6) is 0 Å². The lowest BCUT2D eigenvalue weighted by Gasteiger charge is -2.19. The van der Waals surface area contributed by atoms with Gasteiger partial charge in [0.1, 0.15) is 0 Å². The number of benzene rings is 2. The van der Waals surface area contributed by atoms with Crippen molar-refractivity contribution in [1.82, 2.24) is 0 Å². The first kappa shape index (κ1) is 16.0. The van der Waals surface area contributed by atoms with Crippen molar-refractivity contribution >= 4 is 17.5 Å². The molecule has 1 N–H and O–H groups in total. The fourth-order valence-corrected chi connectivity index (χ4v) is 2.75. The Balaban J connectivity index is 1.81. The van der Waals surface area contributed by atoms with E-state index in [4.69, 9.17) is 4.74 Å². The van der Waals surface area contributed by atoms with E-state index in [2.05, 4.69) is 17.5 Å². The van der Waals surface area contributed by atoms with Crippen molar-refractivity contribution in [2.45, 2.75) is 19.4 Å². The number of nitriles is 1. The minimum Gasteiger partial charge on any atom is -0.365 e. The Bertz CT molecular complexity index is 826. The minimum absolute atomic E-state index is 0.388. The van der Waals surface area contributed by atoms with E-state index < -0.39 is 5.60 Å². The molecule has 2 aromatic rings. The zero-order valence-corrected chi connectivity index (χ0v) is 13.9. The van der Waals surface area contributed by atoms with Crippen LogP contribution >= 0.6 is 0 Å². The second-order valence-corrected chi connectivity index (χ2v) is 6.25. The molecule has 0 saturated heterocycles. The van der Waals surface area contributed by atoms with Gasteiger partial charge in [-0.1, -0.05) is 42.5 Å². The predicted molar refractivity (Wildman–Crippen MR) is 97.9 cm³/mol. The molecule has 1 aliphatic heterocycles. The average molecular weight is 316 g/mol. The van der Waals surface area contributed by atoms with Gasteiger partial charge in [0, 0.05) is 11.4 Å². The molecule has 1 aliphatic rings. The van der Waals surface area contributed by atoms with Crippen molar-refractivity contribution in [1.29, 1.82) is 5.26 Å². The quantitative estimate of drug-likeness (QED) is 0.856. The molecule has 0 saturated carbocycles. The van der Waals surface area contributed by atoms with Gasteiger partial charge in [0.25, 0.3) is 0 Å². The maximum atomic E-state index is 9.24. The van der Waals surface area contributed by atoms with E-state index in [0.29, 0.717) is 12.2 Å². The number of para-hydroxylation sites is 1. The summed E-state index contributed by atoms with van der Waals surface area (Å²) in [5.74, 6) is 0. The van der Waals surface area contributed by atoms with E-state index >= 15 is 0 Å². The number of rotatable bonds is 4. The summed E-state index contributed by atoms with van der Waals surface area (Å²) in [7, 11) is 0. The van der Waals surface area contributed by atoms with E-state index in [1.807, 2.05) is 74.5 Å². The first-order chi connectivity index (χ1) is 11.6. The summed E-state index contributed by atoms with van der Waals surface area (Å²) in [5, 5.41) is 12.6. The molecule has 0 spiro atoms. The highest BCUT2D eigenvalue weighted by Crippen LogP contribution is 2.32. The minimum atomic E-state index is -0.415. The van der Waals surface area contributed by atoms with E-state index in [9.17, 15) is 5.26 Å². The molecule has 2 aromatic carbocycles. The van der Waals surface area contributed by atoms with Crippen molar-refractivity contribution in [2.24, 2.45) is 0 Å². The van der Waals surface area contributed by atoms with Crippen molar-refractivity contribution in [3.63, 3.8) is 0 Å². The number of ether oxygens (including phenoxy) is 1. The molecule has 1 heterocycles. The molecule has 3 rings (SSSR count). The predicted octanol–water partition coefficient (Wildman–Crippen LogP) is 5.07. The van der Waals surface area contributed by atoms with Crippen LogP contribution in [-0.4, -0.2) is 12.2 Å². The summed E-state index contributed by atoms with van der Waals surface area (Å²) < 4.78 is 5.69. The molecule has 120 valence electrons. The number of hydrogen-bond donors (Lipinski definition) is 1. The van der Waals surface area contributed by atoms with Gasteiger partial charge in [0.05, 0.1) is 23.9 Å². The first-order valence-corrected chi connectivity index (χ1v) is 7.96. The van der Waals surface area contributed by atoms with Crippen LogP contribution in [0.3, 0.4) is 0 Å². The fraction of sp³-hybridized carbons (Fsp3) is 0.190. The Hall–Kier alpha value is -2.83. The van der Waals surface area contributed by atoms with E-state index in [-0.39, 0.29) is 0 Å². The standard InChI is InChI=1S/C21H20N2O/c1-21(2)20(17(14-22)15-24-21)12-11-16-7-6-10-19(13-16)23-18-8-4-3-5-9-18/h3-13,23H,15H2,1-2H3. The number of anilines is 2. The van der Waals surface area contributed by atoms with Gasteiger partial charge in [0.15, 0.2) is 0 Å². The van der Waals surface area contributed by atoms with Crippen LogP contribution in [0, 0.1) is 11.3 Å². The maximum absolute atomic E-state index is 9.24. The van der Waals surface area contributed by atoms with Gasteiger partial charge in [-0.05, 0) is 49.2 Å². The Morgan fingerprint density at radius 3 is 2.54 bits per heavy atom. The van der Waals surface area contributed by atoms with Crippen LogP contribution in [0.2, 0.25) is 0 Å². The van der Waals surface area contributed by atoms with E-state index in [1.165, 1.54) is 0 Å². The smallest absolute Gasteiger partial charge is 0.0975 e. The van der Waals surface area contributed by atoms with Gasteiger partial charge in [-0.15, -0.1) is 0 Å². The van der Waals surface area contributed by atoms with Crippen molar-refractivity contribution in [2.75, 3.05) is 11.9 Å². The third-order valence-electron chi connectivity index (χ3n) is 4.08. The molecule has 0 radical (unpaired) electrons. The summed E-state index contributed by atoms with van der Waals surface area (Å²) in [6, 6.07) is 20.5. The van der Waals surface area contributed by atoms with E-state index in [0.717, 1.165) is 22.5 Å². The van der Waals surface area contributed by atoms with Crippen LogP contribution in [0.15, 0.2) is 71.8 Å². The normalized spacial score (nSPS) is 16.4. The molecule has 3 heteroatoms. The first-order valence-electron chi connectivity index (χ1n) is 7.96. The van der Waals surface area contributed by atoms with Crippen molar-refractivity contribution in [3.8, 4) is 6.07 Å². The van der Waals surface area contributed by atoms with Crippen LogP contribution in [-0.2, 0) is 4.74 Å². The Morgan fingerprint density at radius 1 is 1.04 bits per heavy atom. The molecule has 0 atom stereocenters. The van der Waals surface area contributed by atoms with Gasteiger partial charge >= 0.3 is 0 Å². The second-order valence-electron chi connectivity index (χ2n) is 6.25. The van der Waals surface area contributed by atoms with Gasteiger partial charge in [-0.2, -0.15) is 5.26 Å². The lowest BCUT2D eigenvalue weighted by Crippen LogP contribution is -2.20. The van der Waals surface area contributed by atoms with Gasteiger partial charge in [0.2, 0.25) is 0 Å². The lowest BCUT2D eigenvalue weighted by atomic mass is 9.95. The number of nitrogens with zero attached hydrogens (tertiary/aromatic N) is 1. The highest BCUT2D eigenvalue weighted by molar-refractivity contribution is 5.65. The fourth-order valence-electron chi connectivity index (χ4n) is 2.75. The Morgan fingerprint density at radius 2 is 1.79 bits per heavy atom. The number of hydrogen-bond acceptors (Lipinski definition) is 3. The maximum Gasteiger partial charge on any atom is 0.0975 e. The molecule has 24 heavy (non-hydrogen) atoms. The molecular weight excluding hydrogens is 296 g/mol. The molecule has 3 nitrogen and oxygen atoms in total. The van der Waals surface area contributed by atoms with Gasteiger partial charge in [-0.3, -0.25) is 0 Å². The van der Waals surface area contributed by atoms with Crippen LogP contribution < -0.4 is 5.32 Å². The molecular formula is C21H20N2O.